The Balaban J connectivity index is 2.88. The summed E-state index contributed by atoms with van der Waals surface area (Å²) in [5, 5.41) is 22.0. The number of nitrogens with zero attached hydrogens (tertiary/aromatic N) is 2. The Hall–Kier alpha value is -3.23. The SMILES string of the molecule is CC(=O)c1ccc(S(=O)(=O)c2ccc([N+](=O)[O-])cc2[N+](=O)[O-])c(S(=O)(=O)O)c1. The van der Waals surface area contributed by atoms with Gasteiger partial charge in [0.25, 0.3) is 21.5 Å². The Morgan fingerprint density at radius 3 is 1.93 bits per heavy atom. The molecule has 0 unspecified atom stereocenters. The topological polar surface area (TPSA) is 192 Å². The molecule has 0 fully saturated rings. The van der Waals surface area contributed by atoms with Crippen LogP contribution in [0.2, 0.25) is 0 Å². The van der Waals surface area contributed by atoms with Gasteiger partial charge in [-0.1, -0.05) is 6.07 Å². The zero-order valence-corrected chi connectivity index (χ0v) is 15.4. The van der Waals surface area contributed by atoms with Crippen molar-refractivity contribution in [2.24, 2.45) is 0 Å². The molecule has 0 saturated heterocycles. The van der Waals surface area contributed by atoms with Gasteiger partial charge in [-0.05, 0) is 25.1 Å². The molecule has 2 rings (SSSR count). The summed E-state index contributed by atoms with van der Waals surface area (Å²) in [5.41, 5.74) is -2.15. The maximum atomic E-state index is 12.9. The second-order valence-corrected chi connectivity index (χ2v) is 8.64. The lowest BCUT2D eigenvalue weighted by molar-refractivity contribution is -0.396. The minimum Gasteiger partial charge on any atom is -0.295 e. The molecule has 0 aliphatic heterocycles. The van der Waals surface area contributed by atoms with Gasteiger partial charge in [-0.2, -0.15) is 8.42 Å². The minimum atomic E-state index is -5.14. The lowest BCUT2D eigenvalue weighted by Crippen LogP contribution is -2.12. The van der Waals surface area contributed by atoms with E-state index in [9.17, 15) is 46.4 Å². The van der Waals surface area contributed by atoms with E-state index in [1.807, 2.05) is 0 Å². The molecule has 0 atom stereocenters. The van der Waals surface area contributed by atoms with Crippen LogP contribution in [0.3, 0.4) is 0 Å². The number of hydrogen-bond acceptors (Lipinski definition) is 9. The van der Waals surface area contributed by atoms with Gasteiger partial charge in [-0.15, -0.1) is 0 Å². The first kappa shape index (κ1) is 21.1. The summed E-state index contributed by atoms with van der Waals surface area (Å²) in [6.45, 7) is 1.07. The molecule has 2 aromatic carbocycles. The third-order valence-electron chi connectivity index (χ3n) is 3.56. The molecule has 0 aliphatic rings. The van der Waals surface area contributed by atoms with E-state index < -0.39 is 61.6 Å². The average molecular weight is 430 g/mol. The molecule has 0 radical (unpaired) electrons. The smallest absolute Gasteiger partial charge is 0.295 e. The van der Waals surface area contributed by atoms with Crippen LogP contribution in [0.5, 0.6) is 0 Å². The van der Waals surface area contributed by atoms with E-state index in [2.05, 4.69) is 0 Å². The number of non-ortho nitro benzene ring substituents is 1. The number of carbonyl (C=O) groups is 1. The van der Waals surface area contributed by atoms with Crippen molar-refractivity contribution >= 4 is 37.1 Å². The fraction of sp³-hybridized carbons (Fsp3) is 0.0714. The van der Waals surface area contributed by atoms with Gasteiger partial charge in [0, 0.05) is 11.6 Å². The van der Waals surface area contributed by atoms with E-state index in [0.29, 0.717) is 30.3 Å². The lowest BCUT2D eigenvalue weighted by Gasteiger charge is -2.10. The van der Waals surface area contributed by atoms with E-state index in [1.165, 1.54) is 0 Å². The van der Waals surface area contributed by atoms with Gasteiger partial charge < -0.3 is 0 Å². The molecule has 0 bridgehead atoms. The highest BCUT2D eigenvalue weighted by Crippen LogP contribution is 2.35. The van der Waals surface area contributed by atoms with Crippen LogP contribution in [0.1, 0.15) is 17.3 Å². The molecule has 2 aromatic rings. The molecule has 0 amide bonds. The van der Waals surface area contributed by atoms with Crippen molar-refractivity contribution in [3.63, 3.8) is 0 Å². The van der Waals surface area contributed by atoms with Crippen molar-refractivity contribution in [2.45, 2.75) is 21.6 Å². The first-order chi connectivity index (χ1) is 12.8. The Morgan fingerprint density at radius 1 is 0.893 bits per heavy atom. The number of rotatable bonds is 6. The van der Waals surface area contributed by atoms with Gasteiger partial charge in [0.2, 0.25) is 9.84 Å². The second-order valence-electron chi connectivity index (χ2n) is 5.36. The predicted molar refractivity (Wildman–Crippen MR) is 91.5 cm³/mol. The summed E-state index contributed by atoms with van der Waals surface area (Å²) in [4.78, 5) is 28.0. The fourth-order valence-electron chi connectivity index (χ4n) is 2.26. The van der Waals surface area contributed by atoms with Crippen molar-refractivity contribution < 1.29 is 36.0 Å². The van der Waals surface area contributed by atoms with Crippen LogP contribution in [-0.4, -0.2) is 37.0 Å². The van der Waals surface area contributed by atoms with Gasteiger partial charge in [0.15, 0.2) is 5.78 Å². The first-order valence-corrected chi connectivity index (χ1v) is 9.99. The third kappa shape index (κ3) is 3.88. The predicted octanol–water partition coefficient (Wildman–Crippen LogP) is 1.79. The molecule has 1 N–H and O–H groups in total. The van der Waals surface area contributed by atoms with Gasteiger partial charge in [0.1, 0.15) is 9.79 Å². The Kier molecular flexibility index (Phi) is 5.32. The highest BCUT2D eigenvalue weighted by Gasteiger charge is 2.34. The minimum absolute atomic E-state index is 0.232. The molecule has 28 heavy (non-hydrogen) atoms. The highest BCUT2D eigenvalue weighted by molar-refractivity contribution is 7.93. The van der Waals surface area contributed by atoms with Gasteiger partial charge >= 0.3 is 0 Å². The zero-order chi connectivity index (χ0) is 21.4. The van der Waals surface area contributed by atoms with Crippen LogP contribution < -0.4 is 0 Å². The Bertz CT molecular complexity index is 1230. The summed E-state index contributed by atoms with van der Waals surface area (Å²) in [7, 11) is -10.1. The third-order valence-corrected chi connectivity index (χ3v) is 6.44. The van der Waals surface area contributed by atoms with Crippen LogP contribution in [0, 0.1) is 20.2 Å². The first-order valence-electron chi connectivity index (χ1n) is 7.07. The van der Waals surface area contributed by atoms with Crippen molar-refractivity contribution in [1.29, 1.82) is 0 Å². The van der Waals surface area contributed by atoms with Crippen molar-refractivity contribution in [1.82, 2.24) is 0 Å². The summed E-state index contributed by atoms with van der Waals surface area (Å²) >= 11 is 0. The van der Waals surface area contributed by atoms with Crippen molar-refractivity contribution in [2.75, 3.05) is 0 Å². The Labute approximate surface area is 157 Å². The molecule has 0 aliphatic carbocycles. The highest BCUT2D eigenvalue weighted by atomic mass is 32.2. The average Bonchev–Trinajstić information content (AvgIpc) is 2.59. The number of nitro groups is 2. The summed E-state index contributed by atoms with van der Waals surface area (Å²) in [5.74, 6) is -0.629. The fourth-order valence-corrected chi connectivity index (χ4v) is 4.97. The van der Waals surface area contributed by atoms with Gasteiger partial charge in [-0.25, -0.2) is 8.42 Å². The van der Waals surface area contributed by atoms with E-state index >= 15 is 0 Å². The number of benzene rings is 2. The van der Waals surface area contributed by atoms with Crippen LogP contribution in [0.15, 0.2) is 51.1 Å². The standard InChI is InChI=1S/C14H10N2O10S2/c1-8(17)9-2-4-13(14(6-9)28(24,25)26)27(22,23)12-5-3-10(15(18)19)7-11(12)16(20)21/h2-7H,1H3,(H,24,25,26). The van der Waals surface area contributed by atoms with E-state index in [0.717, 1.165) is 13.0 Å². The lowest BCUT2D eigenvalue weighted by atomic mass is 10.1. The van der Waals surface area contributed by atoms with E-state index in [-0.39, 0.29) is 5.56 Å². The summed E-state index contributed by atoms with van der Waals surface area (Å²) < 4.78 is 58.3. The molecule has 0 aromatic heterocycles. The molecule has 0 spiro atoms. The van der Waals surface area contributed by atoms with E-state index in [1.54, 1.807) is 0 Å². The second kappa shape index (κ2) is 7.06. The van der Waals surface area contributed by atoms with Crippen LogP contribution in [0.25, 0.3) is 0 Å². The molecule has 12 nitrogen and oxygen atoms in total. The van der Waals surface area contributed by atoms with Crippen LogP contribution >= 0.6 is 0 Å². The number of carbonyl (C=O) groups excluding carboxylic acids is 1. The van der Waals surface area contributed by atoms with E-state index in [4.69, 9.17) is 0 Å². The molecule has 0 heterocycles. The normalized spacial score (nSPS) is 11.8. The summed E-state index contributed by atoms with van der Waals surface area (Å²) in [6, 6.07) is 3.95. The van der Waals surface area contributed by atoms with Crippen LogP contribution in [-0.2, 0) is 20.0 Å². The number of nitro benzene ring substituents is 2. The number of hydrogen-bond donors (Lipinski definition) is 1. The largest absolute Gasteiger partial charge is 0.295 e. The Morgan fingerprint density at radius 2 is 1.46 bits per heavy atom. The number of Topliss-reactive ketones (excluding diaryl/α,β-unsaturated/α-hetero) is 1. The van der Waals surface area contributed by atoms with Crippen molar-refractivity contribution in [3.05, 3.63) is 62.2 Å². The molecule has 0 saturated carbocycles. The zero-order valence-electron chi connectivity index (χ0n) is 13.8. The molecule has 148 valence electrons. The van der Waals surface area contributed by atoms with Crippen molar-refractivity contribution in [3.8, 4) is 0 Å². The van der Waals surface area contributed by atoms with Crippen LogP contribution in [0.4, 0.5) is 11.4 Å². The summed E-state index contributed by atoms with van der Waals surface area (Å²) in [6.07, 6.45) is 0. The monoisotopic (exact) mass is 430 g/mol. The number of ketones is 1. The molecule has 14 heteroatoms. The molecular formula is C14H10N2O10S2. The molecular weight excluding hydrogens is 420 g/mol. The maximum Gasteiger partial charge on any atom is 0.295 e. The number of sulfone groups is 1. The van der Waals surface area contributed by atoms with Gasteiger partial charge in [-0.3, -0.25) is 29.6 Å². The quantitative estimate of drug-likeness (QED) is 0.305. The maximum absolute atomic E-state index is 12.9. The van der Waals surface area contributed by atoms with Gasteiger partial charge in [0.05, 0.1) is 20.8 Å².